The number of carbonyl (C=O) groups is 1. The van der Waals surface area contributed by atoms with Crippen molar-refractivity contribution in [2.45, 2.75) is 6.54 Å². The maximum atomic E-state index is 13.0. The summed E-state index contributed by atoms with van der Waals surface area (Å²) < 4.78 is 18.0. The number of morpholine rings is 1. The molecule has 3 aromatic rings. The Morgan fingerprint density at radius 2 is 1.83 bits per heavy atom. The summed E-state index contributed by atoms with van der Waals surface area (Å²) in [4.78, 5) is 15.4. The van der Waals surface area contributed by atoms with Gasteiger partial charge >= 0.3 is 0 Å². The van der Waals surface area contributed by atoms with Gasteiger partial charge in [0.25, 0.3) is 5.91 Å². The molecule has 8 heteroatoms. The zero-order valence-electron chi connectivity index (χ0n) is 17.3. The molecule has 1 aliphatic rings. The average molecular weight is 410 g/mol. The number of anilines is 1. The fourth-order valence-electron chi connectivity index (χ4n) is 3.62. The Bertz CT molecular complexity index is 1010. The van der Waals surface area contributed by atoms with E-state index in [0.29, 0.717) is 23.7 Å². The lowest BCUT2D eigenvalue weighted by Gasteiger charge is -2.26. The van der Waals surface area contributed by atoms with Gasteiger partial charge in [0.05, 0.1) is 34.0 Å². The zero-order valence-corrected chi connectivity index (χ0v) is 17.3. The van der Waals surface area contributed by atoms with Crippen molar-refractivity contribution in [1.29, 1.82) is 0 Å². The van der Waals surface area contributed by atoms with Crippen LogP contribution >= 0.6 is 0 Å². The number of nitrogens with zero attached hydrogens (tertiary/aromatic N) is 3. The topological polar surface area (TPSA) is 77.9 Å². The third-order valence-corrected chi connectivity index (χ3v) is 5.25. The molecule has 1 aliphatic heterocycles. The third kappa shape index (κ3) is 4.24. The number of fused-ring (bicyclic) bond motifs is 1. The molecule has 1 amide bonds. The van der Waals surface area contributed by atoms with E-state index in [4.69, 9.17) is 14.2 Å². The predicted octanol–water partition coefficient (Wildman–Crippen LogP) is 2.64. The highest BCUT2D eigenvalue weighted by molar-refractivity contribution is 6.12. The normalized spacial score (nSPS) is 14.6. The summed E-state index contributed by atoms with van der Waals surface area (Å²) in [5.74, 6) is 1.17. The van der Waals surface area contributed by atoms with Crippen molar-refractivity contribution < 1.29 is 19.0 Å². The summed E-state index contributed by atoms with van der Waals surface area (Å²) in [7, 11) is 3.24. The van der Waals surface area contributed by atoms with Crippen molar-refractivity contribution in [3.05, 3.63) is 48.2 Å². The number of nitrogens with one attached hydrogen (secondary N) is 1. The quantitative estimate of drug-likeness (QED) is 0.645. The molecular formula is C22H26N4O4. The summed E-state index contributed by atoms with van der Waals surface area (Å²) in [6.07, 6.45) is 0. The van der Waals surface area contributed by atoms with E-state index in [-0.39, 0.29) is 5.91 Å². The minimum Gasteiger partial charge on any atom is -0.497 e. The second-order valence-corrected chi connectivity index (χ2v) is 7.06. The molecule has 1 N–H and O–H groups in total. The summed E-state index contributed by atoms with van der Waals surface area (Å²) in [5.41, 5.74) is 1.88. The second-order valence-electron chi connectivity index (χ2n) is 7.06. The Labute approximate surface area is 175 Å². The van der Waals surface area contributed by atoms with Crippen molar-refractivity contribution in [3.63, 3.8) is 0 Å². The number of aromatic nitrogens is 2. The largest absolute Gasteiger partial charge is 0.497 e. The maximum absolute atomic E-state index is 13.0. The van der Waals surface area contributed by atoms with Gasteiger partial charge in [-0.25, -0.2) is 0 Å². The standard InChI is InChI=1S/C22H26N4O4/c1-28-17-8-6-16(7-9-17)23-22(27)20-18-4-3-5-19(29-2)21(18)26(24-20)11-10-25-12-14-30-15-13-25/h3-9H,10-15H2,1-2H3,(H,23,27). The van der Waals surface area contributed by atoms with Gasteiger partial charge in [0.1, 0.15) is 17.0 Å². The molecule has 0 saturated carbocycles. The van der Waals surface area contributed by atoms with Crippen LogP contribution in [0.2, 0.25) is 0 Å². The van der Waals surface area contributed by atoms with Gasteiger partial charge in [0.15, 0.2) is 5.69 Å². The van der Waals surface area contributed by atoms with Crippen LogP contribution in [-0.4, -0.2) is 67.7 Å². The van der Waals surface area contributed by atoms with Gasteiger partial charge < -0.3 is 19.5 Å². The van der Waals surface area contributed by atoms with Crippen LogP contribution in [0.25, 0.3) is 10.9 Å². The number of hydrogen-bond donors (Lipinski definition) is 1. The van der Waals surface area contributed by atoms with E-state index >= 15 is 0 Å². The molecular weight excluding hydrogens is 384 g/mol. The van der Waals surface area contributed by atoms with Crippen LogP contribution in [0.3, 0.4) is 0 Å². The van der Waals surface area contributed by atoms with Crippen LogP contribution in [0.5, 0.6) is 11.5 Å². The molecule has 0 unspecified atom stereocenters. The number of methoxy groups -OCH3 is 2. The molecule has 2 heterocycles. The molecule has 2 aromatic carbocycles. The summed E-state index contributed by atoms with van der Waals surface area (Å²) in [5, 5.41) is 8.34. The molecule has 0 spiro atoms. The lowest BCUT2D eigenvalue weighted by atomic mass is 10.2. The van der Waals surface area contributed by atoms with Gasteiger partial charge in [-0.2, -0.15) is 5.10 Å². The average Bonchev–Trinajstić information content (AvgIpc) is 3.18. The Morgan fingerprint density at radius 3 is 2.53 bits per heavy atom. The van der Waals surface area contributed by atoms with Crippen molar-refractivity contribution >= 4 is 22.5 Å². The summed E-state index contributed by atoms with van der Waals surface area (Å²) >= 11 is 0. The Morgan fingerprint density at radius 1 is 1.07 bits per heavy atom. The molecule has 8 nitrogen and oxygen atoms in total. The first kappa shape index (κ1) is 20.2. The minimum atomic E-state index is -0.261. The first-order valence-corrected chi connectivity index (χ1v) is 9.98. The molecule has 0 radical (unpaired) electrons. The zero-order chi connectivity index (χ0) is 20.9. The smallest absolute Gasteiger partial charge is 0.276 e. The minimum absolute atomic E-state index is 0.261. The monoisotopic (exact) mass is 410 g/mol. The van der Waals surface area contributed by atoms with Crippen molar-refractivity contribution in [2.24, 2.45) is 0 Å². The van der Waals surface area contributed by atoms with E-state index < -0.39 is 0 Å². The lowest BCUT2D eigenvalue weighted by molar-refractivity contribution is 0.0361. The molecule has 158 valence electrons. The van der Waals surface area contributed by atoms with Crippen LogP contribution in [0.15, 0.2) is 42.5 Å². The van der Waals surface area contributed by atoms with E-state index in [2.05, 4.69) is 15.3 Å². The predicted molar refractivity (Wildman–Crippen MR) is 114 cm³/mol. The molecule has 1 aromatic heterocycles. The maximum Gasteiger partial charge on any atom is 0.276 e. The highest BCUT2D eigenvalue weighted by atomic mass is 16.5. The van der Waals surface area contributed by atoms with Crippen LogP contribution in [0.4, 0.5) is 5.69 Å². The van der Waals surface area contributed by atoms with Gasteiger partial charge in [-0.15, -0.1) is 0 Å². The molecule has 0 aliphatic carbocycles. The number of benzene rings is 2. The van der Waals surface area contributed by atoms with Crippen molar-refractivity contribution in [3.8, 4) is 11.5 Å². The van der Waals surface area contributed by atoms with E-state index in [1.54, 1.807) is 38.5 Å². The number of amides is 1. The van der Waals surface area contributed by atoms with Crippen LogP contribution in [0, 0.1) is 0 Å². The van der Waals surface area contributed by atoms with Crippen LogP contribution in [-0.2, 0) is 11.3 Å². The Kier molecular flexibility index (Phi) is 6.15. The van der Waals surface area contributed by atoms with Crippen molar-refractivity contribution in [1.82, 2.24) is 14.7 Å². The fourth-order valence-corrected chi connectivity index (χ4v) is 3.62. The van der Waals surface area contributed by atoms with Gasteiger partial charge in [-0.05, 0) is 30.3 Å². The van der Waals surface area contributed by atoms with Crippen molar-refractivity contribution in [2.75, 3.05) is 52.4 Å². The van der Waals surface area contributed by atoms with E-state index in [1.165, 1.54) is 0 Å². The number of rotatable bonds is 7. The number of ether oxygens (including phenoxy) is 3. The van der Waals surface area contributed by atoms with Crippen LogP contribution in [0.1, 0.15) is 10.5 Å². The van der Waals surface area contributed by atoms with Gasteiger partial charge in [0.2, 0.25) is 0 Å². The number of para-hydroxylation sites is 1. The first-order valence-electron chi connectivity index (χ1n) is 9.98. The van der Waals surface area contributed by atoms with Crippen LogP contribution < -0.4 is 14.8 Å². The Balaban J connectivity index is 1.60. The molecule has 30 heavy (non-hydrogen) atoms. The highest BCUT2D eigenvalue weighted by Crippen LogP contribution is 2.29. The molecule has 1 fully saturated rings. The first-order chi connectivity index (χ1) is 14.7. The number of carbonyl (C=O) groups excluding carboxylic acids is 1. The second kappa shape index (κ2) is 9.15. The lowest BCUT2D eigenvalue weighted by Crippen LogP contribution is -2.38. The molecule has 0 atom stereocenters. The summed E-state index contributed by atoms with van der Waals surface area (Å²) in [6.45, 7) is 4.80. The summed E-state index contributed by atoms with van der Waals surface area (Å²) in [6, 6.07) is 12.9. The number of hydrogen-bond acceptors (Lipinski definition) is 6. The third-order valence-electron chi connectivity index (χ3n) is 5.25. The van der Waals surface area contributed by atoms with E-state index in [1.807, 2.05) is 22.9 Å². The van der Waals surface area contributed by atoms with Gasteiger partial charge in [-0.3, -0.25) is 14.4 Å². The SMILES string of the molecule is COc1ccc(NC(=O)c2nn(CCN3CCOCC3)c3c(OC)cccc23)cc1. The molecule has 1 saturated heterocycles. The fraction of sp³-hybridized carbons (Fsp3) is 0.364. The van der Waals surface area contributed by atoms with E-state index in [9.17, 15) is 4.79 Å². The highest BCUT2D eigenvalue weighted by Gasteiger charge is 2.21. The van der Waals surface area contributed by atoms with Gasteiger partial charge in [0, 0.05) is 30.7 Å². The van der Waals surface area contributed by atoms with E-state index in [0.717, 1.165) is 49.5 Å². The van der Waals surface area contributed by atoms with Gasteiger partial charge in [-0.1, -0.05) is 12.1 Å². The molecule has 4 rings (SSSR count). The Hall–Kier alpha value is -3.10. The molecule has 0 bridgehead atoms.